The van der Waals surface area contributed by atoms with Gasteiger partial charge in [0.05, 0.1) is 10.9 Å². The zero-order chi connectivity index (χ0) is 17.8. The van der Waals surface area contributed by atoms with Crippen LogP contribution < -0.4 is 15.5 Å². The Hall–Kier alpha value is -2.63. The van der Waals surface area contributed by atoms with Crippen molar-refractivity contribution in [3.63, 3.8) is 0 Å². The number of piperazine rings is 1. The van der Waals surface area contributed by atoms with Crippen LogP contribution in [0.3, 0.4) is 0 Å². The van der Waals surface area contributed by atoms with Crippen molar-refractivity contribution in [1.29, 1.82) is 0 Å². The van der Waals surface area contributed by atoms with Crippen molar-refractivity contribution in [2.45, 2.75) is 6.04 Å². The summed E-state index contributed by atoms with van der Waals surface area (Å²) >= 11 is 1.44. The van der Waals surface area contributed by atoms with Crippen LogP contribution in [0.4, 0.5) is 11.4 Å². The molecule has 1 unspecified atom stereocenters. The Kier molecular flexibility index (Phi) is 5.00. The molecular weight excluding hydrogens is 342 g/mol. The highest BCUT2D eigenvalue weighted by Gasteiger charge is 2.22. The minimum Gasteiger partial charge on any atom is -0.368 e. The Morgan fingerprint density at radius 2 is 1.85 bits per heavy atom. The number of hydrogen-bond donors (Lipinski definition) is 1. The summed E-state index contributed by atoms with van der Waals surface area (Å²) in [4.78, 5) is 15.2. The van der Waals surface area contributed by atoms with E-state index in [1.807, 2.05) is 35.7 Å². The van der Waals surface area contributed by atoms with Crippen molar-refractivity contribution in [3.05, 3.63) is 82.6 Å². The molecule has 1 amide bonds. The van der Waals surface area contributed by atoms with E-state index in [9.17, 15) is 4.79 Å². The van der Waals surface area contributed by atoms with E-state index in [0.717, 1.165) is 35.9 Å². The van der Waals surface area contributed by atoms with Crippen molar-refractivity contribution in [3.8, 4) is 0 Å². The van der Waals surface area contributed by atoms with Crippen molar-refractivity contribution < 1.29 is 4.79 Å². The molecule has 2 aromatic carbocycles. The Bertz CT molecular complexity index is 847. The topological polar surface area (TPSA) is 46.4 Å². The normalized spacial score (nSPS) is 17.1. The maximum atomic E-state index is 12.1. The highest BCUT2D eigenvalue weighted by molar-refractivity contribution is 7.12. The number of rotatable bonds is 4. The number of amides is 1. The summed E-state index contributed by atoms with van der Waals surface area (Å²) in [7, 11) is 0. The van der Waals surface area contributed by atoms with Gasteiger partial charge in [-0.25, -0.2) is 5.32 Å². The lowest BCUT2D eigenvalue weighted by atomic mass is 10.0. The third-order valence-corrected chi connectivity index (χ3v) is 5.40. The summed E-state index contributed by atoms with van der Waals surface area (Å²) in [5.41, 5.74) is 3.24. The van der Waals surface area contributed by atoms with Crippen LogP contribution in [-0.4, -0.2) is 25.5 Å². The molecule has 1 radical (unpaired) electrons. The van der Waals surface area contributed by atoms with E-state index in [2.05, 4.69) is 46.6 Å². The molecule has 0 saturated carbocycles. The summed E-state index contributed by atoms with van der Waals surface area (Å²) in [5, 5.41) is 9.61. The number of thiophene rings is 1. The van der Waals surface area contributed by atoms with E-state index >= 15 is 0 Å². The van der Waals surface area contributed by atoms with Gasteiger partial charge in [0.15, 0.2) is 0 Å². The number of carbonyl (C=O) groups is 1. The lowest BCUT2D eigenvalue weighted by Crippen LogP contribution is -2.42. The number of nitrogens with zero attached hydrogens (tertiary/aromatic N) is 2. The summed E-state index contributed by atoms with van der Waals surface area (Å²) < 4.78 is 0. The van der Waals surface area contributed by atoms with E-state index in [1.165, 1.54) is 16.9 Å². The Balaban J connectivity index is 1.42. The third kappa shape index (κ3) is 3.79. The molecule has 4 rings (SSSR count). The van der Waals surface area contributed by atoms with Crippen LogP contribution in [0, 0.1) is 0 Å². The van der Waals surface area contributed by atoms with E-state index < -0.39 is 0 Å². The predicted octanol–water partition coefficient (Wildman–Crippen LogP) is 4.17. The van der Waals surface area contributed by atoms with Gasteiger partial charge in [0.1, 0.15) is 0 Å². The Morgan fingerprint density at radius 3 is 2.58 bits per heavy atom. The molecule has 1 atom stereocenters. The maximum absolute atomic E-state index is 12.1. The number of carbonyl (C=O) groups excluding carboxylic acids is 1. The first-order valence-electron chi connectivity index (χ1n) is 8.71. The Labute approximate surface area is 157 Å². The van der Waals surface area contributed by atoms with E-state index in [1.54, 1.807) is 0 Å². The molecule has 1 aliphatic rings. The smallest absolute Gasteiger partial charge is 0.265 e. The molecule has 2 heterocycles. The molecule has 0 bridgehead atoms. The van der Waals surface area contributed by atoms with Crippen LogP contribution >= 0.6 is 11.3 Å². The molecule has 26 heavy (non-hydrogen) atoms. The van der Waals surface area contributed by atoms with E-state index in [0.29, 0.717) is 0 Å². The standard InChI is InChI=1S/C21H20N3OS/c25-21(20-7-4-14-26-20)23-17-8-10-18(11-9-17)24-13-12-22-19(15-24)16-5-2-1-3-6-16/h1-11,14,19H,12-13,15H2,(H,23,25). The minimum absolute atomic E-state index is 0.0614. The summed E-state index contributed by atoms with van der Waals surface area (Å²) in [6, 6.07) is 22.4. The Morgan fingerprint density at radius 1 is 1.04 bits per heavy atom. The first-order chi connectivity index (χ1) is 12.8. The van der Waals surface area contributed by atoms with Gasteiger partial charge >= 0.3 is 0 Å². The van der Waals surface area contributed by atoms with E-state index in [-0.39, 0.29) is 11.9 Å². The zero-order valence-corrected chi connectivity index (χ0v) is 15.2. The van der Waals surface area contributed by atoms with Crippen molar-refractivity contribution in [2.75, 3.05) is 29.9 Å². The largest absolute Gasteiger partial charge is 0.368 e. The number of anilines is 2. The zero-order valence-electron chi connectivity index (χ0n) is 14.3. The van der Waals surface area contributed by atoms with Crippen molar-refractivity contribution >= 4 is 28.6 Å². The van der Waals surface area contributed by atoms with Gasteiger partial charge in [-0.2, -0.15) is 0 Å². The summed E-state index contributed by atoms with van der Waals surface area (Å²) in [6.45, 7) is 2.63. The molecule has 131 valence electrons. The van der Waals surface area contributed by atoms with Gasteiger partial charge in [-0.15, -0.1) is 11.3 Å². The fraction of sp³-hybridized carbons (Fsp3) is 0.190. The van der Waals surface area contributed by atoms with Crippen LogP contribution in [0.25, 0.3) is 0 Å². The SMILES string of the molecule is O=C(Nc1ccc(N2CC[N]C(c3ccccc3)C2)cc1)c1cccs1. The second kappa shape index (κ2) is 7.72. The molecule has 3 aromatic rings. The predicted molar refractivity (Wildman–Crippen MR) is 107 cm³/mol. The number of hydrogen-bond acceptors (Lipinski definition) is 3. The second-order valence-corrected chi connectivity index (χ2v) is 7.20. The molecular formula is C21H20N3OS. The van der Waals surface area contributed by atoms with Crippen LogP contribution in [0.2, 0.25) is 0 Å². The fourth-order valence-corrected chi connectivity index (χ4v) is 3.79. The summed E-state index contributed by atoms with van der Waals surface area (Å²) in [5.74, 6) is -0.0614. The van der Waals surface area contributed by atoms with Gasteiger partial charge in [-0.1, -0.05) is 36.4 Å². The van der Waals surface area contributed by atoms with Crippen molar-refractivity contribution in [2.24, 2.45) is 0 Å². The van der Waals surface area contributed by atoms with Gasteiger partial charge in [0, 0.05) is 31.0 Å². The molecule has 0 aliphatic carbocycles. The van der Waals surface area contributed by atoms with Gasteiger partial charge in [0.2, 0.25) is 0 Å². The number of benzene rings is 2. The second-order valence-electron chi connectivity index (χ2n) is 6.26. The van der Waals surface area contributed by atoms with Crippen LogP contribution in [-0.2, 0) is 0 Å². The van der Waals surface area contributed by atoms with Crippen molar-refractivity contribution in [1.82, 2.24) is 5.32 Å². The molecule has 1 aliphatic heterocycles. The monoisotopic (exact) mass is 362 g/mol. The molecule has 1 fully saturated rings. The average Bonchev–Trinajstić information content (AvgIpc) is 3.24. The molecule has 1 N–H and O–H groups in total. The summed E-state index contributed by atoms with van der Waals surface area (Å²) in [6.07, 6.45) is 0. The molecule has 4 nitrogen and oxygen atoms in total. The quantitative estimate of drug-likeness (QED) is 0.757. The highest BCUT2D eigenvalue weighted by Crippen LogP contribution is 2.25. The average molecular weight is 362 g/mol. The first kappa shape index (κ1) is 16.8. The first-order valence-corrected chi connectivity index (χ1v) is 9.59. The van der Waals surface area contributed by atoms with Gasteiger partial charge < -0.3 is 10.2 Å². The van der Waals surface area contributed by atoms with Gasteiger partial charge in [-0.05, 0) is 41.3 Å². The van der Waals surface area contributed by atoms with Gasteiger partial charge in [0.25, 0.3) is 5.91 Å². The molecule has 1 saturated heterocycles. The van der Waals surface area contributed by atoms with Gasteiger partial charge in [-0.3, -0.25) is 4.79 Å². The molecule has 0 spiro atoms. The highest BCUT2D eigenvalue weighted by atomic mass is 32.1. The lowest BCUT2D eigenvalue weighted by Gasteiger charge is -2.34. The third-order valence-electron chi connectivity index (χ3n) is 4.53. The molecule has 1 aromatic heterocycles. The lowest BCUT2D eigenvalue weighted by molar-refractivity contribution is 0.103. The minimum atomic E-state index is -0.0614. The van der Waals surface area contributed by atoms with E-state index in [4.69, 9.17) is 5.32 Å². The van der Waals surface area contributed by atoms with Crippen LogP contribution in [0.15, 0.2) is 72.1 Å². The number of nitrogens with one attached hydrogen (secondary N) is 1. The molecule has 5 heteroatoms. The maximum Gasteiger partial charge on any atom is 0.265 e. The van der Waals surface area contributed by atoms with Crippen LogP contribution in [0.5, 0.6) is 0 Å². The fourth-order valence-electron chi connectivity index (χ4n) is 3.17. The van der Waals surface area contributed by atoms with Crippen LogP contribution in [0.1, 0.15) is 21.3 Å².